The molecule has 2 heterocycles. The molecule has 8 heteroatoms. The van der Waals surface area contributed by atoms with E-state index in [-0.39, 0.29) is 21.6 Å². The van der Waals surface area contributed by atoms with Crippen LogP contribution in [0, 0.1) is 6.92 Å². The lowest BCUT2D eigenvalue weighted by molar-refractivity contribution is 0.592. The summed E-state index contributed by atoms with van der Waals surface area (Å²) in [5.41, 5.74) is 1.94. The zero-order valence-electron chi connectivity index (χ0n) is 15.9. The van der Waals surface area contributed by atoms with E-state index in [2.05, 4.69) is 34.5 Å². The summed E-state index contributed by atoms with van der Waals surface area (Å²) >= 11 is 0. The Morgan fingerprint density at radius 1 is 1.11 bits per heavy atom. The summed E-state index contributed by atoms with van der Waals surface area (Å²) in [7, 11) is -3.84. The molecule has 2 aromatic carbocycles. The van der Waals surface area contributed by atoms with E-state index in [1.54, 1.807) is 24.3 Å². The average Bonchev–Trinajstić information content (AvgIpc) is 3.13. The predicted molar refractivity (Wildman–Crippen MR) is 108 cm³/mol. The van der Waals surface area contributed by atoms with Crippen LogP contribution in [0.1, 0.15) is 25.8 Å². The Labute approximate surface area is 163 Å². The molecule has 4 rings (SSSR count). The van der Waals surface area contributed by atoms with Crippen LogP contribution < -0.4 is 5.32 Å². The van der Waals surface area contributed by atoms with E-state index in [1.807, 2.05) is 31.2 Å². The smallest absolute Gasteiger partial charge is 0.229 e. The van der Waals surface area contributed by atoms with Gasteiger partial charge in [-0.05, 0) is 44.5 Å². The standard InChI is InChI=1S/C20H21N5O2S/c1-4-14(3)21-18-16-7-5-6-8-17(16)25-19(22-18)20(23-24-25)28(26,27)15-11-9-13(2)10-12-15/h5-12,14H,4H2,1-3H3,(H,21,22)/t14-/m1/s1. The first-order valence-electron chi connectivity index (χ1n) is 9.14. The molecule has 1 atom stereocenters. The molecule has 4 aromatic rings. The molecule has 0 aliphatic rings. The number of anilines is 1. The van der Waals surface area contributed by atoms with Crippen LogP contribution >= 0.6 is 0 Å². The van der Waals surface area contributed by atoms with Crippen molar-refractivity contribution in [2.45, 2.75) is 43.2 Å². The maximum Gasteiger partial charge on any atom is 0.229 e. The number of aromatic nitrogens is 4. The summed E-state index contributed by atoms with van der Waals surface area (Å²) in [6.45, 7) is 6.04. The van der Waals surface area contributed by atoms with E-state index in [0.717, 1.165) is 22.9 Å². The molecule has 0 aliphatic carbocycles. The lowest BCUT2D eigenvalue weighted by Crippen LogP contribution is -2.15. The lowest BCUT2D eigenvalue weighted by atomic mass is 10.2. The molecule has 1 N–H and O–H groups in total. The highest BCUT2D eigenvalue weighted by atomic mass is 32.2. The largest absolute Gasteiger partial charge is 0.367 e. The van der Waals surface area contributed by atoms with Crippen molar-refractivity contribution in [1.82, 2.24) is 19.8 Å². The Hall–Kier alpha value is -3.00. The van der Waals surface area contributed by atoms with Gasteiger partial charge in [0.2, 0.25) is 14.9 Å². The number of rotatable bonds is 5. The molecule has 0 amide bonds. The van der Waals surface area contributed by atoms with Gasteiger partial charge in [0.25, 0.3) is 0 Å². The monoisotopic (exact) mass is 395 g/mol. The third-order valence-electron chi connectivity index (χ3n) is 4.80. The molecule has 2 aromatic heterocycles. The Bertz CT molecular complexity index is 1260. The van der Waals surface area contributed by atoms with Crippen LogP contribution in [0.15, 0.2) is 58.5 Å². The fraction of sp³-hybridized carbons (Fsp3) is 0.250. The van der Waals surface area contributed by atoms with Crippen molar-refractivity contribution in [3.05, 3.63) is 54.1 Å². The molecule has 0 aliphatic heterocycles. The molecule has 0 saturated carbocycles. The van der Waals surface area contributed by atoms with E-state index in [1.165, 1.54) is 4.52 Å². The van der Waals surface area contributed by atoms with E-state index < -0.39 is 9.84 Å². The fourth-order valence-corrected chi connectivity index (χ4v) is 4.23. The third-order valence-corrected chi connectivity index (χ3v) is 6.47. The number of sulfone groups is 1. The zero-order valence-corrected chi connectivity index (χ0v) is 16.7. The van der Waals surface area contributed by atoms with Gasteiger partial charge < -0.3 is 5.32 Å². The summed E-state index contributed by atoms with van der Waals surface area (Å²) in [6, 6.07) is 14.5. The first-order chi connectivity index (χ1) is 13.4. The number of para-hydroxylation sites is 1. The number of fused-ring (bicyclic) bond motifs is 3. The van der Waals surface area contributed by atoms with Gasteiger partial charge in [-0.1, -0.05) is 42.0 Å². The number of benzene rings is 2. The normalized spacial score (nSPS) is 13.1. The summed E-state index contributed by atoms with van der Waals surface area (Å²) in [6.07, 6.45) is 0.910. The van der Waals surface area contributed by atoms with Crippen molar-refractivity contribution < 1.29 is 8.42 Å². The van der Waals surface area contributed by atoms with Crippen LogP contribution in [-0.4, -0.2) is 34.3 Å². The topological polar surface area (TPSA) is 89.2 Å². The van der Waals surface area contributed by atoms with Crippen molar-refractivity contribution in [2.75, 3.05) is 5.32 Å². The van der Waals surface area contributed by atoms with Crippen molar-refractivity contribution in [3.8, 4) is 0 Å². The van der Waals surface area contributed by atoms with Gasteiger partial charge in [-0.15, -0.1) is 5.10 Å². The van der Waals surface area contributed by atoms with Crippen LogP contribution in [0.25, 0.3) is 16.6 Å². The minimum atomic E-state index is -3.84. The summed E-state index contributed by atoms with van der Waals surface area (Å²) in [5, 5.41) is 12.2. The van der Waals surface area contributed by atoms with Crippen LogP contribution in [0.4, 0.5) is 5.82 Å². The molecule has 0 unspecified atom stereocenters. The van der Waals surface area contributed by atoms with Crippen LogP contribution in [0.5, 0.6) is 0 Å². The highest BCUT2D eigenvalue weighted by Gasteiger charge is 2.27. The highest BCUT2D eigenvalue weighted by molar-refractivity contribution is 7.91. The van der Waals surface area contributed by atoms with E-state index in [0.29, 0.717) is 5.82 Å². The molecule has 28 heavy (non-hydrogen) atoms. The molecule has 0 spiro atoms. The lowest BCUT2D eigenvalue weighted by Gasteiger charge is -2.14. The van der Waals surface area contributed by atoms with Crippen molar-refractivity contribution in [1.29, 1.82) is 0 Å². The average molecular weight is 395 g/mol. The summed E-state index contributed by atoms with van der Waals surface area (Å²) in [4.78, 5) is 4.78. The SMILES string of the molecule is CC[C@@H](C)Nc1nc2c(S(=O)(=O)c3ccc(C)cc3)nnn2c2ccccc12. The molecule has 144 valence electrons. The molecular weight excluding hydrogens is 374 g/mol. The van der Waals surface area contributed by atoms with E-state index in [4.69, 9.17) is 0 Å². The minimum absolute atomic E-state index is 0.144. The maximum absolute atomic E-state index is 13.2. The third kappa shape index (κ3) is 2.99. The quantitative estimate of drug-likeness (QED) is 0.555. The van der Waals surface area contributed by atoms with Gasteiger partial charge in [-0.3, -0.25) is 0 Å². The fourth-order valence-electron chi connectivity index (χ4n) is 2.99. The number of nitrogens with one attached hydrogen (secondary N) is 1. The molecule has 0 radical (unpaired) electrons. The summed E-state index contributed by atoms with van der Waals surface area (Å²) < 4.78 is 27.8. The van der Waals surface area contributed by atoms with Gasteiger partial charge in [0.05, 0.1) is 10.4 Å². The maximum atomic E-state index is 13.2. The van der Waals surface area contributed by atoms with Crippen LogP contribution in [-0.2, 0) is 9.84 Å². The second-order valence-corrected chi connectivity index (χ2v) is 8.74. The van der Waals surface area contributed by atoms with Gasteiger partial charge in [-0.25, -0.2) is 13.4 Å². The van der Waals surface area contributed by atoms with Gasteiger partial charge in [0.15, 0.2) is 5.65 Å². The minimum Gasteiger partial charge on any atom is -0.367 e. The van der Waals surface area contributed by atoms with Gasteiger partial charge >= 0.3 is 0 Å². The van der Waals surface area contributed by atoms with Crippen molar-refractivity contribution in [2.24, 2.45) is 0 Å². The van der Waals surface area contributed by atoms with E-state index in [9.17, 15) is 8.42 Å². The number of aryl methyl sites for hydroxylation is 1. The number of nitrogens with zero attached hydrogens (tertiary/aromatic N) is 4. The second kappa shape index (κ2) is 6.87. The van der Waals surface area contributed by atoms with Crippen molar-refractivity contribution in [3.63, 3.8) is 0 Å². The Morgan fingerprint density at radius 3 is 2.54 bits per heavy atom. The first-order valence-corrected chi connectivity index (χ1v) is 10.6. The molecule has 7 nitrogen and oxygen atoms in total. The van der Waals surface area contributed by atoms with Gasteiger partial charge in [-0.2, -0.15) is 4.52 Å². The Balaban J connectivity index is 1.97. The molecule has 0 saturated heterocycles. The van der Waals surface area contributed by atoms with Crippen LogP contribution in [0.3, 0.4) is 0 Å². The van der Waals surface area contributed by atoms with Gasteiger partial charge in [0.1, 0.15) is 5.82 Å². The van der Waals surface area contributed by atoms with Crippen LogP contribution in [0.2, 0.25) is 0 Å². The Kier molecular flexibility index (Phi) is 4.50. The molecule has 0 bridgehead atoms. The van der Waals surface area contributed by atoms with Gasteiger partial charge in [0, 0.05) is 11.4 Å². The molecular formula is C20H21N5O2S. The highest BCUT2D eigenvalue weighted by Crippen LogP contribution is 2.28. The predicted octanol–water partition coefficient (Wildman–Crippen LogP) is 3.63. The van der Waals surface area contributed by atoms with E-state index >= 15 is 0 Å². The number of hydrogen-bond donors (Lipinski definition) is 1. The first kappa shape index (κ1) is 18.4. The zero-order chi connectivity index (χ0) is 19.9. The molecule has 0 fully saturated rings. The number of hydrogen-bond acceptors (Lipinski definition) is 6. The second-order valence-electron chi connectivity index (χ2n) is 6.88. The Morgan fingerprint density at radius 2 is 1.82 bits per heavy atom. The van der Waals surface area contributed by atoms with Crippen molar-refractivity contribution >= 4 is 32.2 Å². The summed E-state index contributed by atoms with van der Waals surface area (Å²) in [5.74, 6) is 0.625.